The number of fused-ring (bicyclic) bond motifs is 1. The maximum absolute atomic E-state index is 13.5. The molecule has 1 aromatic heterocycles. The third-order valence-electron chi connectivity index (χ3n) is 7.72. The normalized spacial score (nSPS) is 17.8. The minimum atomic E-state index is -0.287. The van der Waals surface area contributed by atoms with Crippen LogP contribution in [-0.4, -0.2) is 48.5 Å². The lowest BCUT2D eigenvalue weighted by atomic mass is 10.0. The molecule has 0 radical (unpaired) electrons. The van der Waals surface area contributed by atoms with Gasteiger partial charge in [-0.05, 0) is 53.1 Å². The van der Waals surface area contributed by atoms with Crippen LogP contribution in [0.5, 0.6) is 17.2 Å². The van der Waals surface area contributed by atoms with Crippen LogP contribution >= 0.6 is 23.8 Å². The molecular formula is C31H28ClN3O5S. The number of benzene rings is 3. The number of ether oxygens (including phenoxy) is 4. The lowest BCUT2D eigenvalue weighted by molar-refractivity contribution is 0.0341. The van der Waals surface area contributed by atoms with Gasteiger partial charge in [0.15, 0.2) is 11.5 Å². The van der Waals surface area contributed by atoms with E-state index in [4.69, 9.17) is 42.8 Å². The number of rotatable bonds is 6. The molecule has 0 spiro atoms. The quantitative estimate of drug-likeness (QED) is 0.291. The molecule has 1 N–H and O–H groups in total. The van der Waals surface area contributed by atoms with Crippen molar-refractivity contribution in [2.24, 2.45) is 0 Å². The van der Waals surface area contributed by atoms with Gasteiger partial charge in [0, 0.05) is 42.8 Å². The maximum Gasteiger partial charge on any atom is 0.254 e. The zero-order valence-corrected chi connectivity index (χ0v) is 23.8. The zero-order chi connectivity index (χ0) is 27.9. The molecule has 1 saturated heterocycles. The predicted octanol–water partition coefficient (Wildman–Crippen LogP) is 5.65. The van der Waals surface area contributed by atoms with Crippen molar-refractivity contribution < 1.29 is 23.7 Å². The predicted molar refractivity (Wildman–Crippen MR) is 157 cm³/mol. The fraction of sp³-hybridized carbons (Fsp3) is 0.290. The lowest BCUT2D eigenvalue weighted by Crippen LogP contribution is -2.35. The SMILES string of the molecule is O=C(NCc1ccc(Cl)cc1)c1cn2c3c(cc(CN4CCOCC4)cc3c1=S)OC(c1ccc3c(c1)OCO3)C2. The van der Waals surface area contributed by atoms with Gasteiger partial charge >= 0.3 is 0 Å². The molecule has 3 aliphatic heterocycles. The molecule has 10 heteroatoms. The molecule has 1 unspecified atom stereocenters. The number of nitrogens with one attached hydrogen (secondary N) is 1. The molecule has 1 atom stereocenters. The Morgan fingerprint density at radius 3 is 2.61 bits per heavy atom. The van der Waals surface area contributed by atoms with Gasteiger partial charge in [0.05, 0.1) is 35.3 Å². The van der Waals surface area contributed by atoms with E-state index in [1.807, 2.05) is 48.7 Å². The van der Waals surface area contributed by atoms with Crippen molar-refractivity contribution in [3.63, 3.8) is 0 Å². The van der Waals surface area contributed by atoms with Crippen LogP contribution in [0.1, 0.15) is 33.2 Å². The van der Waals surface area contributed by atoms with Crippen LogP contribution in [0.3, 0.4) is 0 Å². The molecule has 3 aromatic carbocycles. The van der Waals surface area contributed by atoms with E-state index < -0.39 is 0 Å². The first kappa shape index (κ1) is 26.3. The number of halogens is 1. The van der Waals surface area contributed by atoms with E-state index in [1.165, 1.54) is 0 Å². The first-order chi connectivity index (χ1) is 20.0. The number of pyridine rings is 1. The molecule has 0 saturated carbocycles. The molecular weight excluding hydrogens is 562 g/mol. The Bertz CT molecular complexity index is 1700. The number of morpholine rings is 1. The monoisotopic (exact) mass is 589 g/mol. The van der Waals surface area contributed by atoms with Gasteiger partial charge in [-0.15, -0.1) is 0 Å². The number of carbonyl (C=O) groups excluding carboxylic acids is 1. The Hall–Kier alpha value is -3.63. The van der Waals surface area contributed by atoms with E-state index >= 15 is 0 Å². The van der Waals surface area contributed by atoms with E-state index in [2.05, 4.69) is 26.9 Å². The highest BCUT2D eigenvalue weighted by Crippen LogP contribution is 2.41. The van der Waals surface area contributed by atoms with Gasteiger partial charge in [-0.1, -0.05) is 42.0 Å². The second-order valence-corrected chi connectivity index (χ2v) is 11.3. The zero-order valence-electron chi connectivity index (χ0n) is 22.2. The number of hydrogen-bond acceptors (Lipinski definition) is 7. The highest BCUT2D eigenvalue weighted by molar-refractivity contribution is 7.71. The number of carbonyl (C=O) groups is 1. The average molecular weight is 590 g/mol. The third-order valence-corrected chi connectivity index (χ3v) is 8.41. The summed E-state index contributed by atoms with van der Waals surface area (Å²) in [6.07, 6.45) is 1.57. The minimum absolute atomic E-state index is 0.211. The van der Waals surface area contributed by atoms with Gasteiger partial charge in [0.25, 0.3) is 5.91 Å². The van der Waals surface area contributed by atoms with E-state index in [1.54, 1.807) is 0 Å². The van der Waals surface area contributed by atoms with E-state index in [9.17, 15) is 4.79 Å². The fourth-order valence-electron chi connectivity index (χ4n) is 5.60. The van der Waals surface area contributed by atoms with Crippen molar-refractivity contribution in [2.75, 3.05) is 33.1 Å². The van der Waals surface area contributed by atoms with Crippen LogP contribution in [0.4, 0.5) is 0 Å². The molecule has 210 valence electrons. The number of amides is 1. The first-order valence-corrected chi connectivity index (χ1v) is 14.4. The fourth-order valence-corrected chi connectivity index (χ4v) is 6.03. The molecule has 4 aromatic rings. The second-order valence-electron chi connectivity index (χ2n) is 10.4. The van der Waals surface area contributed by atoms with Gasteiger partial charge < -0.3 is 28.8 Å². The smallest absolute Gasteiger partial charge is 0.254 e. The largest absolute Gasteiger partial charge is 0.482 e. The van der Waals surface area contributed by atoms with Crippen LogP contribution in [0.15, 0.2) is 60.8 Å². The number of nitrogens with zero attached hydrogens (tertiary/aromatic N) is 2. The molecule has 4 heterocycles. The Balaban J connectivity index is 1.26. The summed E-state index contributed by atoms with van der Waals surface area (Å²) in [6, 6.07) is 17.5. The summed E-state index contributed by atoms with van der Waals surface area (Å²) in [5.41, 5.74) is 4.36. The molecule has 3 aliphatic rings. The van der Waals surface area contributed by atoms with Gasteiger partial charge in [-0.25, -0.2) is 0 Å². The van der Waals surface area contributed by atoms with Crippen LogP contribution in [-0.2, 0) is 24.4 Å². The number of hydrogen-bond donors (Lipinski definition) is 1. The molecule has 0 bridgehead atoms. The van der Waals surface area contributed by atoms with Gasteiger partial charge in [-0.2, -0.15) is 0 Å². The summed E-state index contributed by atoms with van der Waals surface area (Å²) in [5, 5.41) is 4.52. The standard InChI is InChI=1S/C31H28ClN3O5S/c32-22-4-1-19(2-5-22)14-33-31(36)24-16-35-17-28(21-3-6-25-26(13-21)39-18-38-25)40-27-12-20(11-23(29(27)35)30(24)41)15-34-7-9-37-10-8-34/h1-6,11-13,16,28H,7-10,14-15,17-18H2,(H,33,36). The van der Waals surface area contributed by atoms with Crippen molar-refractivity contribution in [1.29, 1.82) is 0 Å². The average Bonchev–Trinajstić information content (AvgIpc) is 3.47. The van der Waals surface area contributed by atoms with E-state index in [-0.39, 0.29) is 18.8 Å². The molecule has 7 rings (SSSR count). The van der Waals surface area contributed by atoms with E-state index in [0.717, 1.165) is 58.7 Å². The Morgan fingerprint density at radius 2 is 1.78 bits per heavy atom. The van der Waals surface area contributed by atoms with Crippen molar-refractivity contribution in [3.8, 4) is 17.2 Å². The lowest BCUT2D eigenvalue weighted by Gasteiger charge is -2.31. The molecule has 1 fully saturated rings. The van der Waals surface area contributed by atoms with Crippen molar-refractivity contribution in [3.05, 3.63) is 92.6 Å². The minimum Gasteiger partial charge on any atom is -0.482 e. The third kappa shape index (κ3) is 5.26. The van der Waals surface area contributed by atoms with Crippen molar-refractivity contribution in [2.45, 2.75) is 25.7 Å². The van der Waals surface area contributed by atoms with Crippen LogP contribution < -0.4 is 19.5 Å². The van der Waals surface area contributed by atoms with Crippen LogP contribution in [0.2, 0.25) is 5.02 Å². The Labute approximate surface area is 247 Å². The topological polar surface area (TPSA) is 74.2 Å². The number of aromatic nitrogens is 1. The highest BCUT2D eigenvalue weighted by Gasteiger charge is 2.28. The van der Waals surface area contributed by atoms with Crippen LogP contribution in [0, 0.1) is 4.51 Å². The molecule has 1 amide bonds. The summed E-state index contributed by atoms with van der Waals surface area (Å²) in [7, 11) is 0. The highest BCUT2D eigenvalue weighted by atomic mass is 35.5. The Morgan fingerprint density at radius 1 is 0.976 bits per heavy atom. The summed E-state index contributed by atoms with van der Waals surface area (Å²) in [6.45, 7) is 4.99. The van der Waals surface area contributed by atoms with E-state index in [0.29, 0.717) is 47.1 Å². The van der Waals surface area contributed by atoms with Crippen LogP contribution in [0.25, 0.3) is 10.9 Å². The molecule has 0 aliphatic carbocycles. The summed E-state index contributed by atoms with van der Waals surface area (Å²) in [5.74, 6) is 1.96. The summed E-state index contributed by atoms with van der Waals surface area (Å²) in [4.78, 5) is 15.9. The van der Waals surface area contributed by atoms with Crippen molar-refractivity contribution in [1.82, 2.24) is 14.8 Å². The molecule has 8 nitrogen and oxygen atoms in total. The van der Waals surface area contributed by atoms with Gasteiger partial charge in [0.1, 0.15) is 11.9 Å². The Kier molecular flexibility index (Phi) is 7.04. The van der Waals surface area contributed by atoms with Gasteiger partial charge in [-0.3, -0.25) is 9.69 Å². The van der Waals surface area contributed by atoms with Crippen molar-refractivity contribution >= 4 is 40.6 Å². The second kappa shape index (κ2) is 11.0. The van der Waals surface area contributed by atoms with Gasteiger partial charge in [0.2, 0.25) is 6.79 Å². The summed E-state index contributed by atoms with van der Waals surface area (Å²) < 4.78 is 25.9. The first-order valence-electron chi connectivity index (χ1n) is 13.6. The maximum atomic E-state index is 13.5. The summed E-state index contributed by atoms with van der Waals surface area (Å²) >= 11 is 12.0. The molecule has 41 heavy (non-hydrogen) atoms.